The summed E-state index contributed by atoms with van der Waals surface area (Å²) in [4.78, 5) is 29.2. The second kappa shape index (κ2) is 7.59. The SMILES string of the molecule is COCCCN1CC2(CCN(C(=O)c3cc4cccc(C)c4o3)CC2)CC1=O. The first-order valence-electron chi connectivity index (χ1n) is 10.1. The van der Waals surface area contributed by atoms with Gasteiger partial charge in [0, 0.05) is 57.1 Å². The van der Waals surface area contributed by atoms with E-state index in [1.165, 1.54) is 0 Å². The molecule has 150 valence electrons. The highest BCUT2D eigenvalue weighted by Gasteiger charge is 2.45. The molecule has 4 rings (SSSR count). The highest BCUT2D eigenvalue weighted by Crippen LogP contribution is 2.41. The summed E-state index contributed by atoms with van der Waals surface area (Å²) in [6.07, 6.45) is 3.20. The van der Waals surface area contributed by atoms with E-state index in [9.17, 15) is 9.59 Å². The first-order chi connectivity index (χ1) is 13.5. The van der Waals surface area contributed by atoms with Gasteiger partial charge in [0.2, 0.25) is 5.91 Å². The minimum absolute atomic E-state index is 0.0192. The average Bonchev–Trinajstić information content (AvgIpc) is 3.25. The number of aryl methyl sites for hydroxylation is 1. The molecule has 2 aliphatic heterocycles. The number of rotatable bonds is 5. The molecule has 3 heterocycles. The van der Waals surface area contributed by atoms with Gasteiger partial charge >= 0.3 is 0 Å². The molecule has 1 spiro atoms. The Kier molecular flexibility index (Phi) is 5.15. The molecule has 0 saturated carbocycles. The Morgan fingerprint density at radius 1 is 1.29 bits per heavy atom. The summed E-state index contributed by atoms with van der Waals surface area (Å²) in [5, 5.41) is 0.963. The van der Waals surface area contributed by atoms with Crippen LogP contribution in [0.2, 0.25) is 0 Å². The lowest BCUT2D eigenvalue weighted by Gasteiger charge is -2.38. The molecule has 2 aromatic rings. The summed E-state index contributed by atoms with van der Waals surface area (Å²) in [6, 6.07) is 7.77. The van der Waals surface area contributed by atoms with E-state index in [1.807, 2.05) is 41.0 Å². The summed E-state index contributed by atoms with van der Waals surface area (Å²) in [6.45, 7) is 5.58. The van der Waals surface area contributed by atoms with Crippen molar-refractivity contribution in [3.05, 3.63) is 35.6 Å². The van der Waals surface area contributed by atoms with Crippen LogP contribution in [0.1, 0.15) is 41.8 Å². The van der Waals surface area contributed by atoms with Crippen LogP contribution in [0.3, 0.4) is 0 Å². The van der Waals surface area contributed by atoms with Crippen molar-refractivity contribution in [2.75, 3.05) is 39.9 Å². The number of hydrogen-bond donors (Lipinski definition) is 0. The van der Waals surface area contributed by atoms with Crippen molar-refractivity contribution >= 4 is 22.8 Å². The van der Waals surface area contributed by atoms with Crippen molar-refractivity contribution in [1.29, 1.82) is 0 Å². The fourth-order valence-electron chi connectivity index (χ4n) is 4.57. The largest absolute Gasteiger partial charge is 0.451 e. The van der Waals surface area contributed by atoms with Gasteiger partial charge < -0.3 is 19.0 Å². The standard InChI is InChI=1S/C22H28N2O4/c1-16-5-3-6-17-13-18(28-20(16)17)21(26)23-10-7-22(8-11-23)14-19(25)24(15-22)9-4-12-27-2/h3,5-6,13H,4,7-12,14-15H2,1-2H3. The number of fused-ring (bicyclic) bond motifs is 1. The number of likely N-dealkylation sites (tertiary alicyclic amines) is 2. The molecule has 1 aromatic heterocycles. The fourth-order valence-corrected chi connectivity index (χ4v) is 4.57. The van der Waals surface area contributed by atoms with Crippen LogP contribution < -0.4 is 0 Å². The van der Waals surface area contributed by atoms with Crippen LogP contribution in [-0.2, 0) is 9.53 Å². The van der Waals surface area contributed by atoms with Gasteiger partial charge in [0.15, 0.2) is 5.76 Å². The molecule has 6 heteroatoms. The molecular weight excluding hydrogens is 356 g/mol. The smallest absolute Gasteiger partial charge is 0.289 e. The molecule has 1 aromatic carbocycles. The first kappa shape index (κ1) is 19.0. The van der Waals surface area contributed by atoms with Crippen molar-refractivity contribution in [1.82, 2.24) is 9.80 Å². The molecule has 2 aliphatic rings. The number of amides is 2. The maximum atomic E-state index is 12.9. The third-order valence-electron chi connectivity index (χ3n) is 6.24. The third-order valence-corrected chi connectivity index (χ3v) is 6.24. The Labute approximate surface area is 165 Å². The van der Waals surface area contributed by atoms with E-state index in [0.717, 1.165) is 48.9 Å². The van der Waals surface area contributed by atoms with Gasteiger partial charge in [0.25, 0.3) is 5.91 Å². The van der Waals surface area contributed by atoms with Gasteiger partial charge in [-0.05, 0) is 37.8 Å². The van der Waals surface area contributed by atoms with Crippen molar-refractivity contribution in [3.8, 4) is 0 Å². The summed E-state index contributed by atoms with van der Waals surface area (Å²) < 4.78 is 10.9. The van der Waals surface area contributed by atoms with Gasteiger partial charge in [-0.3, -0.25) is 9.59 Å². The molecule has 28 heavy (non-hydrogen) atoms. The monoisotopic (exact) mass is 384 g/mol. The number of benzene rings is 1. The van der Waals surface area contributed by atoms with Crippen molar-refractivity contribution in [2.24, 2.45) is 5.41 Å². The van der Waals surface area contributed by atoms with Crippen molar-refractivity contribution in [3.63, 3.8) is 0 Å². The van der Waals surface area contributed by atoms with Gasteiger partial charge in [-0.1, -0.05) is 18.2 Å². The van der Waals surface area contributed by atoms with Crippen LogP contribution in [0, 0.1) is 12.3 Å². The average molecular weight is 384 g/mol. The van der Waals surface area contributed by atoms with E-state index in [4.69, 9.17) is 9.15 Å². The fraction of sp³-hybridized carbons (Fsp3) is 0.545. The predicted octanol–water partition coefficient (Wildman–Crippen LogP) is 3.23. The zero-order valence-electron chi connectivity index (χ0n) is 16.7. The lowest BCUT2D eigenvalue weighted by Crippen LogP contribution is -2.44. The van der Waals surface area contributed by atoms with Gasteiger partial charge in [-0.25, -0.2) is 0 Å². The van der Waals surface area contributed by atoms with Gasteiger partial charge in [0.1, 0.15) is 5.58 Å². The van der Waals surface area contributed by atoms with Gasteiger partial charge in [-0.2, -0.15) is 0 Å². The van der Waals surface area contributed by atoms with E-state index in [2.05, 4.69) is 0 Å². The first-order valence-corrected chi connectivity index (χ1v) is 10.1. The molecule has 2 fully saturated rings. The Hall–Kier alpha value is -2.34. The highest BCUT2D eigenvalue weighted by atomic mass is 16.5. The lowest BCUT2D eigenvalue weighted by atomic mass is 9.77. The van der Waals surface area contributed by atoms with Crippen molar-refractivity contribution < 1.29 is 18.7 Å². The number of ether oxygens (including phenoxy) is 1. The van der Waals surface area contributed by atoms with Crippen LogP contribution >= 0.6 is 0 Å². The lowest BCUT2D eigenvalue weighted by molar-refractivity contribution is -0.128. The normalized spacial score (nSPS) is 19.1. The zero-order chi connectivity index (χ0) is 19.7. The Bertz CT molecular complexity index is 880. The number of furan rings is 1. The summed E-state index contributed by atoms with van der Waals surface area (Å²) in [7, 11) is 1.68. The van der Waals surface area contributed by atoms with E-state index in [0.29, 0.717) is 31.9 Å². The minimum atomic E-state index is -0.0493. The second-order valence-electron chi connectivity index (χ2n) is 8.23. The third kappa shape index (κ3) is 3.53. The summed E-state index contributed by atoms with van der Waals surface area (Å²) >= 11 is 0. The molecule has 2 saturated heterocycles. The predicted molar refractivity (Wildman–Crippen MR) is 106 cm³/mol. The molecule has 6 nitrogen and oxygen atoms in total. The Morgan fingerprint density at radius 2 is 2.07 bits per heavy atom. The Balaban J connectivity index is 1.39. The molecule has 0 bridgehead atoms. The van der Waals surface area contributed by atoms with E-state index >= 15 is 0 Å². The minimum Gasteiger partial charge on any atom is -0.451 e. The molecule has 2 amide bonds. The highest BCUT2D eigenvalue weighted by molar-refractivity contribution is 5.96. The van der Waals surface area contributed by atoms with Crippen LogP contribution in [0.4, 0.5) is 0 Å². The maximum Gasteiger partial charge on any atom is 0.289 e. The Morgan fingerprint density at radius 3 is 2.79 bits per heavy atom. The number of carbonyl (C=O) groups is 2. The zero-order valence-corrected chi connectivity index (χ0v) is 16.7. The second-order valence-corrected chi connectivity index (χ2v) is 8.23. The quantitative estimate of drug-likeness (QED) is 0.743. The van der Waals surface area contributed by atoms with Gasteiger partial charge in [0.05, 0.1) is 0 Å². The molecule has 0 unspecified atom stereocenters. The van der Waals surface area contributed by atoms with Crippen LogP contribution in [0.15, 0.2) is 28.7 Å². The van der Waals surface area contributed by atoms with E-state index < -0.39 is 0 Å². The molecule has 0 atom stereocenters. The van der Waals surface area contributed by atoms with Gasteiger partial charge in [-0.15, -0.1) is 0 Å². The maximum absolute atomic E-state index is 12.9. The number of piperidine rings is 1. The van der Waals surface area contributed by atoms with E-state index in [1.54, 1.807) is 7.11 Å². The summed E-state index contributed by atoms with van der Waals surface area (Å²) in [5.41, 5.74) is 1.84. The number of hydrogen-bond acceptors (Lipinski definition) is 4. The molecule has 0 N–H and O–H groups in total. The van der Waals surface area contributed by atoms with Crippen molar-refractivity contribution in [2.45, 2.75) is 32.6 Å². The van der Waals surface area contributed by atoms with Crippen LogP contribution in [0.25, 0.3) is 11.0 Å². The topological polar surface area (TPSA) is 63.0 Å². The number of nitrogens with zero attached hydrogens (tertiary/aromatic N) is 2. The number of carbonyl (C=O) groups excluding carboxylic acids is 2. The molecular formula is C22H28N2O4. The number of para-hydroxylation sites is 1. The molecule has 0 radical (unpaired) electrons. The number of methoxy groups -OCH3 is 1. The van der Waals surface area contributed by atoms with Crippen LogP contribution in [-0.4, -0.2) is 61.5 Å². The molecule has 0 aliphatic carbocycles. The summed E-state index contributed by atoms with van der Waals surface area (Å²) in [5.74, 6) is 0.597. The van der Waals surface area contributed by atoms with Crippen LogP contribution in [0.5, 0.6) is 0 Å². The van der Waals surface area contributed by atoms with E-state index in [-0.39, 0.29) is 17.2 Å².